The third-order valence-electron chi connectivity index (χ3n) is 16.3. The van der Waals surface area contributed by atoms with Crippen molar-refractivity contribution in [3.05, 3.63) is 48.6 Å². The summed E-state index contributed by atoms with van der Waals surface area (Å²) in [5.41, 5.74) is 0. The van der Waals surface area contributed by atoms with Crippen molar-refractivity contribution in [3.8, 4) is 0 Å². The van der Waals surface area contributed by atoms with E-state index in [-0.39, 0.29) is 18.5 Å². The van der Waals surface area contributed by atoms with E-state index >= 15 is 0 Å². The Hall–Kier alpha value is -2.18. The summed E-state index contributed by atoms with van der Waals surface area (Å²) >= 11 is 0. The maximum absolute atomic E-state index is 12.5. The van der Waals surface area contributed by atoms with Gasteiger partial charge in [0.2, 0.25) is 5.91 Å². The molecule has 0 aromatic carbocycles. The van der Waals surface area contributed by atoms with Crippen molar-refractivity contribution in [3.63, 3.8) is 0 Å². The van der Waals surface area contributed by atoms with Crippen LogP contribution < -0.4 is 5.32 Å². The van der Waals surface area contributed by atoms with Crippen LogP contribution in [0.3, 0.4) is 0 Å². The Labute approximate surface area is 493 Å². The first kappa shape index (κ1) is 76.8. The lowest BCUT2D eigenvalue weighted by Crippen LogP contribution is -2.45. The fraction of sp³-hybridized carbons (Fsp3) is 0.863. The number of carbonyl (C=O) groups excluding carboxylic acids is 2. The number of hydrogen-bond acceptors (Lipinski definition) is 5. The largest absolute Gasteiger partial charge is 0.466 e. The molecule has 0 aromatic rings. The summed E-state index contributed by atoms with van der Waals surface area (Å²) < 4.78 is 5.48. The maximum Gasteiger partial charge on any atom is 0.305 e. The second-order valence-corrected chi connectivity index (χ2v) is 24.2. The van der Waals surface area contributed by atoms with Crippen LogP contribution in [0.2, 0.25) is 0 Å². The van der Waals surface area contributed by atoms with Crippen LogP contribution in [0.5, 0.6) is 0 Å². The lowest BCUT2D eigenvalue weighted by Gasteiger charge is -2.20. The van der Waals surface area contributed by atoms with Crippen LogP contribution in [-0.2, 0) is 14.3 Å². The number of hydrogen-bond donors (Lipinski definition) is 3. The number of aliphatic hydroxyl groups excluding tert-OH is 2. The van der Waals surface area contributed by atoms with Gasteiger partial charge in [0.1, 0.15) is 0 Å². The summed E-state index contributed by atoms with van der Waals surface area (Å²) in [5.74, 6) is -0.0711. The first-order valence-corrected chi connectivity index (χ1v) is 35.4. The van der Waals surface area contributed by atoms with Crippen LogP contribution in [0, 0.1) is 0 Å². The van der Waals surface area contributed by atoms with Crippen molar-refractivity contribution >= 4 is 11.9 Å². The monoisotopic (exact) mass is 1110 g/mol. The van der Waals surface area contributed by atoms with Gasteiger partial charge in [0.25, 0.3) is 0 Å². The lowest BCUT2D eigenvalue weighted by atomic mass is 10.0. The summed E-state index contributed by atoms with van der Waals surface area (Å²) in [6.45, 7) is 4.90. The molecule has 6 nitrogen and oxygen atoms in total. The summed E-state index contributed by atoms with van der Waals surface area (Å²) in [6.07, 6.45) is 89.0. The topological polar surface area (TPSA) is 95.9 Å². The van der Waals surface area contributed by atoms with E-state index in [1.54, 1.807) is 6.08 Å². The number of carbonyl (C=O) groups is 2. The molecule has 0 aliphatic rings. The van der Waals surface area contributed by atoms with Crippen molar-refractivity contribution in [1.82, 2.24) is 5.32 Å². The Kier molecular flexibility index (Phi) is 66.4. The van der Waals surface area contributed by atoms with Gasteiger partial charge in [-0.1, -0.05) is 326 Å². The minimum Gasteiger partial charge on any atom is -0.466 e. The minimum absolute atomic E-state index is 0.00175. The fourth-order valence-electron chi connectivity index (χ4n) is 10.9. The molecule has 0 saturated heterocycles. The van der Waals surface area contributed by atoms with E-state index in [0.717, 1.165) is 51.4 Å². The van der Waals surface area contributed by atoms with Crippen LogP contribution in [0.4, 0.5) is 0 Å². The van der Waals surface area contributed by atoms with Gasteiger partial charge in [0.05, 0.1) is 25.4 Å². The number of unbranched alkanes of at least 4 members (excludes halogenated alkanes) is 49. The second-order valence-electron chi connectivity index (χ2n) is 24.2. The molecule has 0 aliphatic heterocycles. The summed E-state index contributed by atoms with van der Waals surface area (Å²) in [5, 5.41) is 23.3. The highest BCUT2D eigenvalue weighted by molar-refractivity contribution is 5.76. The predicted octanol–water partition coefficient (Wildman–Crippen LogP) is 22.9. The first-order valence-electron chi connectivity index (χ1n) is 35.4. The fourth-order valence-corrected chi connectivity index (χ4v) is 10.9. The molecule has 1 amide bonds. The van der Waals surface area contributed by atoms with E-state index in [0.29, 0.717) is 19.4 Å². The average molecular weight is 1110 g/mol. The Morgan fingerprint density at radius 1 is 0.354 bits per heavy atom. The predicted molar refractivity (Wildman–Crippen MR) is 347 cm³/mol. The molecule has 79 heavy (non-hydrogen) atoms. The van der Waals surface area contributed by atoms with Crippen molar-refractivity contribution in [1.29, 1.82) is 0 Å². The minimum atomic E-state index is -0.850. The van der Waals surface area contributed by atoms with Gasteiger partial charge in [0, 0.05) is 12.8 Å². The first-order chi connectivity index (χ1) is 39.0. The van der Waals surface area contributed by atoms with Crippen molar-refractivity contribution in [2.24, 2.45) is 0 Å². The average Bonchev–Trinajstić information content (AvgIpc) is 3.45. The van der Waals surface area contributed by atoms with Gasteiger partial charge in [-0.15, -0.1) is 0 Å². The molecule has 0 saturated carbocycles. The van der Waals surface area contributed by atoms with Crippen LogP contribution >= 0.6 is 0 Å². The van der Waals surface area contributed by atoms with E-state index < -0.39 is 12.1 Å². The zero-order chi connectivity index (χ0) is 57.1. The number of nitrogens with one attached hydrogen (secondary N) is 1. The molecular formula is C73H137NO5. The van der Waals surface area contributed by atoms with E-state index in [9.17, 15) is 19.8 Å². The quantitative estimate of drug-likeness (QED) is 0.0320. The number of allylic oxidation sites excluding steroid dienone is 7. The summed E-state index contributed by atoms with van der Waals surface area (Å²) in [4.78, 5) is 24.6. The van der Waals surface area contributed by atoms with Crippen LogP contribution in [0.25, 0.3) is 0 Å². The molecule has 6 heteroatoms. The van der Waals surface area contributed by atoms with Crippen LogP contribution in [0.15, 0.2) is 48.6 Å². The molecule has 0 heterocycles. The molecule has 0 aromatic heterocycles. The van der Waals surface area contributed by atoms with Gasteiger partial charge in [-0.25, -0.2) is 0 Å². The Morgan fingerprint density at radius 3 is 1.00 bits per heavy atom. The molecule has 0 bridgehead atoms. The van der Waals surface area contributed by atoms with Crippen molar-refractivity contribution < 1.29 is 24.5 Å². The zero-order valence-electron chi connectivity index (χ0n) is 53.1. The van der Waals surface area contributed by atoms with Gasteiger partial charge in [-0.3, -0.25) is 9.59 Å². The Bertz CT molecular complexity index is 1320. The van der Waals surface area contributed by atoms with E-state index in [1.165, 1.54) is 302 Å². The van der Waals surface area contributed by atoms with Gasteiger partial charge in [-0.2, -0.15) is 0 Å². The number of aliphatic hydroxyl groups is 2. The van der Waals surface area contributed by atoms with Gasteiger partial charge >= 0.3 is 5.97 Å². The molecular weight excluding hydrogens is 971 g/mol. The molecule has 3 N–H and O–H groups in total. The third-order valence-corrected chi connectivity index (χ3v) is 16.3. The number of amides is 1. The summed E-state index contributed by atoms with van der Waals surface area (Å²) in [6, 6.07) is -0.633. The highest BCUT2D eigenvalue weighted by Crippen LogP contribution is 2.18. The van der Waals surface area contributed by atoms with Crippen LogP contribution in [0.1, 0.15) is 380 Å². The second kappa shape index (κ2) is 68.3. The molecule has 2 unspecified atom stereocenters. The third kappa shape index (κ3) is 64.8. The molecule has 0 aliphatic carbocycles. The standard InChI is InChI=1S/C73H137NO5/c1-3-5-7-9-11-13-15-17-19-20-21-22-25-28-31-34-38-41-45-49-53-57-61-65-71(76)70(69-75)74-72(77)66-62-58-54-50-46-42-39-35-32-29-26-23-24-27-30-33-36-40-44-48-52-56-60-64-68-79-73(78)67-63-59-55-51-47-43-37-18-16-14-12-10-8-6-4-2/h12,14,18,26,29,37,61,65,70-71,75-76H,3-11,13,15-17,19-25,27-28,30-36,38-60,62-64,66-69H2,1-2H3,(H,74,77)/b14-12-,29-26-,37-18-,65-61+. The van der Waals surface area contributed by atoms with Gasteiger partial charge in [-0.05, 0) is 89.9 Å². The van der Waals surface area contributed by atoms with Crippen molar-refractivity contribution in [2.75, 3.05) is 13.2 Å². The molecule has 0 radical (unpaired) electrons. The SMILES string of the molecule is CCCCC/C=C\C/C=C\CCCCCCCC(=O)OCCCCCCCCCCCCCC/C=C\CCCCCCCCCCC(=O)NC(CO)C(O)/C=C/CCCCCCCCCCCCCCCCCCCCCCC. The molecule has 0 fully saturated rings. The molecule has 464 valence electrons. The van der Waals surface area contributed by atoms with Gasteiger partial charge in [0.15, 0.2) is 0 Å². The molecule has 0 rings (SSSR count). The Balaban J connectivity index is 3.44. The van der Waals surface area contributed by atoms with E-state index in [4.69, 9.17) is 4.74 Å². The zero-order valence-corrected chi connectivity index (χ0v) is 53.1. The van der Waals surface area contributed by atoms with Crippen LogP contribution in [-0.4, -0.2) is 47.4 Å². The lowest BCUT2D eigenvalue weighted by molar-refractivity contribution is -0.143. The highest BCUT2D eigenvalue weighted by Gasteiger charge is 2.18. The maximum atomic E-state index is 12.5. The molecule has 2 atom stereocenters. The van der Waals surface area contributed by atoms with E-state index in [2.05, 4.69) is 55.6 Å². The molecule has 0 spiro atoms. The smallest absolute Gasteiger partial charge is 0.305 e. The normalized spacial score (nSPS) is 12.8. The summed E-state index contributed by atoms with van der Waals surface area (Å²) in [7, 11) is 0. The van der Waals surface area contributed by atoms with Crippen molar-refractivity contribution in [2.45, 2.75) is 392 Å². The highest BCUT2D eigenvalue weighted by atomic mass is 16.5. The van der Waals surface area contributed by atoms with E-state index in [1.807, 2.05) is 6.08 Å². The number of esters is 1. The number of rotatable bonds is 66. The number of ether oxygens (including phenoxy) is 1. The Morgan fingerprint density at radius 2 is 0.633 bits per heavy atom. The van der Waals surface area contributed by atoms with Gasteiger partial charge < -0.3 is 20.3 Å².